The van der Waals surface area contributed by atoms with Gasteiger partial charge in [-0.05, 0) is 53.8 Å². The maximum atomic E-state index is 5.58. The lowest BCUT2D eigenvalue weighted by molar-refractivity contribution is 0.174. The fraction of sp³-hybridized carbons (Fsp3) is 0.300. The normalized spacial score (nSPS) is 21.6. The van der Waals surface area contributed by atoms with Gasteiger partial charge in [-0.1, -0.05) is 30.7 Å². The monoisotopic (exact) mass is 308 g/mol. The number of ether oxygens (including phenoxy) is 3. The summed E-state index contributed by atoms with van der Waals surface area (Å²) in [6.45, 7) is 4.80. The van der Waals surface area contributed by atoms with E-state index in [1.807, 2.05) is 12.1 Å². The second kappa shape index (κ2) is 5.34. The lowest BCUT2D eigenvalue weighted by Gasteiger charge is -2.31. The summed E-state index contributed by atoms with van der Waals surface area (Å²) in [5.41, 5.74) is 5.21. The molecule has 1 heterocycles. The molecule has 1 aliphatic heterocycles. The highest BCUT2D eigenvalue weighted by Gasteiger charge is 2.30. The number of fused-ring (bicyclic) bond motifs is 2. The lowest BCUT2D eigenvalue weighted by atomic mass is 9.73. The van der Waals surface area contributed by atoms with Crippen LogP contribution < -0.4 is 14.2 Å². The first kappa shape index (κ1) is 14.2. The molecule has 1 aliphatic carbocycles. The molecule has 0 N–H and O–H groups in total. The zero-order valence-corrected chi connectivity index (χ0v) is 13.6. The van der Waals surface area contributed by atoms with E-state index in [1.165, 1.54) is 22.3 Å². The minimum Gasteiger partial charge on any atom is -0.497 e. The molecule has 118 valence electrons. The van der Waals surface area contributed by atoms with E-state index in [9.17, 15) is 0 Å². The van der Waals surface area contributed by atoms with Crippen LogP contribution in [0.25, 0.3) is 6.08 Å². The van der Waals surface area contributed by atoms with Gasteiger partial charge in [-0.3, -0.25) is 0 Å². The Bertz CT molecular complexity index is 774. The zero-order valence-electron chi connectivity index (χ0n) is 13.6. The van der Waals surface area contributed by atoms with E-state index in [4.69, 9.17) is 14.2 Å². The quantitative estimate of drug-likeness (QED) is 0.811. The van der Waals surface area contributed by atoms with E-state index < -0.39 is 0 Å². The lowest BCUT2D eigenvalue weighted by Crippen LogP contribution is -2.17. The van der Waals surface area contributed by atoms with Gasteiger partial charge in [-0.15, -0.1) is 0 Å². The Kier molecular flexibility index (Phi) is 3.29. The molecule has 0 amide bonds. The van der Waals surface area contributed by atoms with Crippen LogP contribution in [0.4, 0.5) is 0 Å². The molecule has 0 radical (unpaired) electrons. The Morgan fingerprint density at radius 3 is 2.43 bits per heavy atom. The Hall–Kier alpha value is -2.42. The molecule has 0 fully saturated rings. The fourth-order valence-electron chi connectivity index (χ4n) is 3.56. The number of hydrogen-bond acceptors (Lipinski definition) is 3. The summed E-state index contributed by atoms with van der Waals surface area (Å²) >= 11 is 0. The summed E-state index contributed by atoms with van der Waals surface area (Å²) in [7, 11) is 1.70. The molecule has 0 spiro atoms. The van der Waals surface area contributed by atoms with Crippen molar-refractivity contribution in [3.63, 3.8) is 0 Å². The Morgan fingerprint density at radius 1 is 1.04 bits per heavy atom. The minimum absolute atomic E-state index is 0.309. The van der Waals surface area contributed by atoms with Crippen LogP contribution in [-0.4, -0.2) is 13.9 Å². The predicted molar refractivity (Wildman–Crippen MR) is 90.2 cm³/mol. The predicted octanol–water partition coefficient (Wildman–Crippen LogP) is 4.61. The van der Waals surface area contributed by atoms with Gasteiger partial charge in [0.15, 0.2) is 11.5 Å². The first-order valence-electron chi connectivity index (χ1n) is 7.93. The summed E-state index contributed by atoms with van der Waals surface area (Å²) in [4.78, 5) is 0. The van der Waals surface area contributed by atoms with Crippen molar-refractivity contribution in [3.05, 3.63) is 58.7 Å². The average molecular weight is 308 g/mol. The molecule has 2 aromatic rings. The van der Waals surface area contributed by atoms with Gasteiger partial charge in [0.25, 0.3) is 0 Å². The summed E-state index contributed by atoms with van der Waals surface area (Å²) < 4.78 is 16.4. The third-order valence-electron chi connectivity index (χ3n) is 4.99. The molecule has 0 bridgehead atoms. The molecule has 0 saturated heterocycles. The summed E-state index contributed by atoms with van der Waals surface area (Å²) in [6.07, 6.45) is 2.27. The summed E-state index contributed by atoms with van der Waals surface area (Å²) in [6, 6.07) is 12.6. The molecule has 23 heavy (non-hydrogen) atoms. The first-order valence-corrected chi connectivity index (χ1v) is 7.93. The highest BCUT2D eigenvalue weighted by Crippen LogP contribution is 2.47. The van der Waals surface area contributed by atoms with Gasteiger partial charge >= 0.3 is 0 Å². The fourth-order valence-corrected chi connectivity index (χ4v) is 3.56. The van der Waals surface area contributed by atoms with E-state index in [-0.39, 0.29) is 0 Å². The molecule has 2 aliphatic rings. The van der Waals surface area contributed by atoms with Crippen molar-refractivity contribution >= 4 is 6.08 Å². The molecule has 0 aromatic heterocycles. The molecule has 0 saturated carbocycles. The van der Waals surface area contributed by atoms with Crippen LogP contribution in [0.1, 0.15) is 36.5 Å². The second-order valence-corrected chi connectivity index (χ2v) is 6.26. The zero-order chi connectivity index (χ0) is 16.0. The van der Waals surface area contributed by atoms with E-state index in [2.05, 4.69) is 44.2 Å². The van der Waals surface area contributed by atoms with E-state index >= 15 is 0 Å². The average Bonchev–Trinajstić information content (AvgIpc) is 3.02. The van der Waals surface area contributed by atoms with Crippen molar-refractivity contribution in [1.29, 1.82) is 0 Å². The van der Waals surface area contributed by atoms with Crippen molar-refractivity contribution in [2.24, 2.45) is 5.92 Å². The Balaban J connectivity index is 1.84. The molecular formula is C20H20O3. The maximum Gasteiger partial charge on any atom is 0.231 e. The number of rotatable bonds is 2. The van der Waals surface area contributed by atoms with Crippen molar-refractivity contribution in [3.8, 4) is 17.2 Å². The van der Waals surface area contributed by atoms with Crippen LogP contribution in [0.5, 0.6) is 17.2 Å². The standard InChI is InChI=1S/C20H20O3/c1-12-8-15-9-18-19(23-11-22-18)10-17(15)20(13(12)2)14-4-6-16(21-3)7-5-14/h4-10,13,20H,11H2,1-3H3/t13-,20-/m0/s1. The minimum atomic E-state index is 0.309. The van der Waals surface area contributed by atoms with Gasteiger partial charge in [0.1, 0.15) is 5.75 Å². The molecule has 3 heteroatoms. The summed E-state index contributed by atoms with van der Waals surface area (Å²) in [5.74, 6) is 3.33. The smallest absolute Gasteiger partial charge is 0.231 e. The molecule has 2 aromatic carbocycles. The third kappa shape index (κ3) is 2.27. The Labute approximate surface area is 136 Å². The van der Waals surface area contributed by atoms with Gasteiger partial charge in [-0.25, -0.2) is 0 Å². The molecular weight excluding hydrogens is 288 g/mol. The number of methoxy groups -OCH3 is 1. The largest absolute Gasteiger partial charge is 0.497 e. The van der Waals surface area contributed by atoms with E-state index in [1.54, 1.807) is 7.11 Å². The first-order chi connectivity index (χ1) is 11.2. The highest BCUT2D eigenvalue weighted by atomic mass is 16.7. The number of benzene rings is 2. The third-order valence-corrected chi connectivity index (χ3v) is 4.99. The van der Waals surface area contributed by atoms with Gasteiger partial charge in [0, 0.05) is 5.92 Å². The highest BCUT2D eigenvalue weighted by molar-refractivity contribution is 5.67. The number of hydrogen-bond donors (Lipinski definition) is 0. The van der Waals surface area contributed by atoms with E-state index in [0.29, 0.717) is 18.6 Å². The summed E-state index contributed by atoms with van der Waals surface area (Å²) in [5, 5.41) is 0. The van der Waals surface area contributed by atoms with Crippen LogP contribution in [0.15, 0.2) is 42.0 Å². The van der Waals surface area contributed by atoms with Gasteiger partial charge in [0.2, 0.25) is 6.79 Å². The maximum absolute atomic E-state index is 5.58. The van der Waals surface area contributed by atoms with Crippen LogP contribution in [-0.2, 0) is 0 Å². The van der Waals surface area contributed by atoms with E-state index in [0.717, 1.165) is 17.2 Å². The van der Waals surface area contributed by atoms with Crippen LogP contribution in [0.3, 0.4) is 0 Å². The Morgan fingerprint density at radius 2 is 1.74 bits per heavy atom. The van der Waals surface area contributed by atoms with Crippen LogP contribution in [0.2, 0.25) is 0 Å². The van der Waals surface area contributed by atoms with Gasteiger partial charge < -0.3 is 14.2 Å². The van der Waals surface area contributed by atoms with Gasteiger partial charge in [-0.2, -0.15) is 0 Å². The van der Waals surface area contributed by atoms with Crippen LogP contribution >= 0.6 is 0 Å². The van der Waals surface area contributed by atoms with Crippen molar-refractivity contribution < 1.29 is 14.2 Å². The van der Waals surface area contributed by atoms with Crippen molar-refractivity contribution in [2.45, 2.75) is 19.8 Å². The SMILES string of the molecule is COc1ccc([C@H]2c3cc4c(cc3C=C(C)[C@@H]2C)OCO4)cc1. The molecule has 3 nitrogen and oxygen atoms in total. The second-order valence-electron chi connectivity index (χ2n) is 6.26. The van der Waals surface area contributed by atoms with Crippen molar-refractivity contribution in [2.75, 3.05) is 13.9 Å². The van der Waals surface area contributed by atoms with Crippen molar-refractivity contribution in [1.82, 2.24) is 0 Å². The molecule has 4 rings (SSSR count). The van der Waals surface area contributed by atoms with Crippen LogP contribution in [0, 0.1) is 5.92 Å². The topological polar surface area (TPSA) is 27.7 Å². The number of allylic oxidation sites excluding steroid dienone is 1. The van der Waals surface area contributed by atoms with Gasteiger partial charge in [0.05, 0.1) is 7.11 Å². The molecule has 0 unspecified atom stereocenters. The molecule has 2 atom stereocenters.